The molecule has 3 amide bonds. The normalized spacial score (nSPS) is 13.8. The van der Waals surface area contributed by atoms with Gasteiger partial charge in [-0.25, -0.2) is 14.2 Å². The molecule has 0 saturated heterocycles. The number of ether oxygens (including phenoxy) is 1. The maximum absolute atomic E-state index is 13.9. The van der Waals surface area contributed by atoms with E-state index in [1.165, 1.54) is 12.1 Å². The number of amides is 3. The molecule has 5 rings (SSSR count). The van der Waals surface area contributed by atoms with Gasteiger partial charge in [0, 0.05) is 17.7 Å². The molecule has 3 aromatic carbocycles. The van der Waals surface area contributed by atoms with Crippen molar-refractivity contribution in [3.05, 3.63) is 72.0 Å². The van der Waals surface area contributed by atoms with Gasteiger partial charge in [-0.15, -0.1) is 0 Å². The van der Waals surface area contributed by atoms with Crippen molar-refractivity contribution in [1.82, 2.24) is 9.97 Å². The van der Waals surface area contributed by atoms with Gasteiger partial charge in [-0.1, -0.05) is 12.8 Å². The molecule has 12 heteroatoms. The predicted molar refractivity (Wildman–Crippen MR) is 137 cm³/mol. The number of carbonyl (C=O) groups is 2. The number of aromatic nitrogens is 2. The summed E-state index contributed by atoms with van der Waals surface area (Å²) in [6, 6.07) is 12.2. The number of nitrogens with zero attached hydrogens (tertiary/aromatic N) is 1. The van der Waals surface area contributed by atoms with E-state index in [2.05, 4.69) is 25.9 Å². The van der Waals surface area contributed by atoms with Crippen LogP contribution in [-0.4, -0.2) is 21.9 Å². The standard InChI is InChI=1S/C27H23F4N5O3/c28-20-11-5-16(27(29,30)31)13-22(20)35-26(38)32-17-6-8-18(9-7-17)39-19-10-12-21-23(14-19)34-25(33-21)36-24(37)15-3-1-2-4-15/h5-15H,1-4H2,(H2,32,35,38)(H2,33,34,36,37). The number of H-pyrrole nitrogens is 1. The summed E-state index contributed by atoms with van der Waals surface area (Å²) in [6.45, 7) is 0. The van der Waals surface area contributed by atoms with Crippen LogP contribution in [0.3, 0.4) is 0 Å². The smallest absolute Gasteiger partial charge is 0.416 e. The van der Waals surface area contributed by atoms with E-state index in [0.29, 0.717) is 46.9 Å². The van der Waals surface area contributed by atoms with Crippen LogP contribution in [0.1, 0.15) is 31.2 Å². The van der Waals surface area contributed by atoms with Crippen LogP contribution in [0, 0.1) is 11.7 Å². The second-order valence-electron chi connectivity index (χ2n) is 9.13. The van der Waals surface area contributed by atoms with Crippen molar-refractivity contribution < 1.29 is 31.9 Å². The van der Waals surface area contributed by atoms with Crippen molar-refractivity contribution >= 4 is 40.3 Å². The second kappa shape index (κ2) is 10.6. The Morgan fingerprint density at radius 1 is 0.897 bits per heavy atom. The quantitative estimate of drug-likeness (QED) is 0.192. The number of carbonyl (C=O) groups excluding carboxylic acids is 2. The number of halogens is 4. The van der Waals surface area contributed by atoms with Crippen molar-refractivity contribution in [3.8, 4) is 11.5 Å². The Morgan fingerprint density at radius 3 is 2.33 bits per heavy atom. The molecule has 8 nitrogen and oxygen atoms in total. The zero-order valence-corrected chi connectivity index (χ0v) is 20.4. The largest absolute Gasteiger partial charge is 0.457 e. The fourth-order valence-electron chi connectivity index (χ4n) is 4.34. The first-order chi connectivity index (χ1) is 18.6. The van der Waals surface area contributed by atoms with E-state index in [1.54, 1.807) is 30.3 Å². The van der Waals surface area contributed by atoms with Crippen LogP contribution in [0.25, 0.3) is 11.0 Å². The first kappa shape index (κ1) is 26.0. The number of imidazole rings is 1. The molecule has 1 aromatic heterocycles. The van der Waals surface area contributed by atoms with Crippen LogP contribution < -0.4 is 20.7 Å². The summed E-state index contributed by atoms with van der Waals surface area (Å²) in [5.41, 5.74) is -0.0495. The van der Waals surface area contributed by atoms with Crippen LogP contribution in [0.4, 0.5) is 39.7 Å². The van der Waals surface area contributed by atoms with E-state index < -0.39 is 29.3 Å². The minimum absolute atomic E-state index is 0.0161. The Morgan fingerprint density at radius 2 is 1.62 bits per heavy atom. The zero-order valence-electron chi connectivity index (χ0n) is 20.4. The number of hydrogen-bond donors (Lipinski definition) is 4. The highest BCUT2D eigenvalue weighted by Gasteiger charge is 2.31. The average molecular weight is 542 g/mol. The third kappa shape index (κ3) is 6.28. The van der Waals surface area contributed by atoms with Crippen LogP contribution in [0.5, 0.6) is 11.5 Å². The van der Waals surface area contributed by atoms with Crippen LogP contribution in [-0.2, 0) is 11.0 Å². The Balaban J connectivity index is 1.19. The van der Waals surface area contributed by atoms with Gasteiger partial charge in [0.25, 0.3) is 0 Å². The molecule has 39 heavy (non-hydrogen) atoms. The highest BCUT2D eigenvalue weighted by molar-refractivity contribution is 6.00. The van der Waals surface area contributed by atoms with Crippen molar-refractivity contribution in [2.24, 2.45) is 5.92 Å². The summed E-state index contributed by atoms with van der Waals surface area (Å²) in [5.74, 6) is 0.278. The Hall–Kier alpha value is -4.61. The monoisotopic (exact) mass is 541 g/mol. The molecule has 0 spiro atoms. The van der Waals surface area contributed by atoms with E-state index >= 15 is 0 Å². The first-order valence-corrected chi connectivity index (χ1v) is 12.2. The van der Waals surface area contributed by atoms with Crippen LogP contribution in [0.2, 0.25) is 0 Å². The highest BCUT2D eigenvalue weighted by Crippen LogP contribution is 2.32. The molecule has 4 N–H and O–H groups in total. The van der Waals surface area contributed by atoms with Gasteiger partial charge in [0.2, 0.25) is 11.9 Å². The number of aromatic amines is 1. The van der Waals surface area contributed by atoms with Crippen molar-refractivity contribution in [3.63, 3.8) is 0 Å². The number of urea groups is 1. The average Bonchev–Trinajstić information content (AvgIpc) is 3.56. The molecule has 0 aliphatic heterocycles. The molecule has 1 fully saturated rings. The lowest BCUT2D eigenvalue weighted by atomic mass is 10.1. The SMILES string of the molecule is O=C(Nc1ccc(Oc2ccc3[nH]c(NC(=O)C4CCCC4)nc3c2)cc1)Nc1cc(C(F)(F)F)ccc1F. The second-order valence-corrected chi connectivity index (χ2v) is 9.13. The Kier molecular flexibility index (Phi) is 7.09. The molecular formula is C27H23F4N5O3. The number of rotatable bonds is 6. The molecule has 0 unspecified atom stereocenters. The highest BCUT2D eigenvalue weighted by atomic mass is 19.4. The lowest BCUT2D eigenvalue weighted by Gasteiger charge is -2.12. The molecule has 4 aromatic rings. The fourth-order valence-corrected chi connectivity index (χ4v) is 4.34. The number of benzene rings is 3. The van der Waals surface area contributed by atoms with Gasteiger partial charge in [-0.3, -0.25) is 10.1 Å². The summed E-state index contributed by atoms with van der Waals surface area (Å²) >= 11 is 0. The van der Waals surface area contributed by atoms with Gasteiger partial charge in [0.1, 0.15) is 17.3 Å². The summed E-state index contributed by atoms with van der Waals surface area (Å²) in [7, 11) is 0. The van der Waals surface area contributed by atoms with Gasteiger partial charge >= 0.3 is 12.2 Å². The Bertz CT molecular complexity index is 1510. The molecule has 0 atom stereocenters. The lowest BCUT2D eigenvalue weighted by molar-refractivity contribution is -0.137. The molecule has 202 valence electrons. The maximum Gasteiger partial charge on any atom is 0.416 e. The molecule has 0 radical (unpaired) electrons. The number of anilines is 3. The first-order valence-electron chi connectivity index (χ1n) is 12.2. The molecule has 1 aliphatic carbocycles. The van der Waals surface area contributed by atoms with Gasteiger partial charge in [0.05, 0.1) is 22.3 Å². The van der Waals surface area contributed by atoms with Crippen molar-refractivity contribution in [1.29, 1.82) is 0 Å². The summed E-state index contributed by atoms with van der Waals surface area (Å²) < 4.78 is 58.3. The van der Waals surface area contributed by atoms with E-state index in [-0.39, 0.29) is 11.8 Å². The lowest BCUT2D eigenvalue weighted by Crippen LogP contribution is -2.20. The van der Waals surface area contributed by atoms with Crippen molar-refractivity contribution in [2.45, 2.75) is 31.9 Å². The predicted octanol–water partition coefficient (Wildman–Crippen LogP) is 7.29. The summed E-state index contributed by atoms with van der Waals surface area (Å²) in [4.78, 5) is 32.1. The molecule has 1 heterocycles. The van der Waals surface area contributed by atoms with E-state index in [0.717, 1.165) is 31.2 Å². The van der Waals surface area contributed by atoms with E-state index in [9.17, 15) is 27.2 Å². The number of alkyl halides is 3. The topological polar surface area (TPSA) is 108 Å². The van der Waals surface area contributed by atoms with Gasteiger partial charge < -0.3 is 20.4 Å². The molecule has 1 aliphatic rings. The maximum atomic E-state index is 13.9. The number of nitrogens with one attached hydrogen (secondary N) is 4. The molecule has 0 bridgehead atoms. The van der Waals surface area contributed by atoms with Crippen molar-refractivity contribution in [2.75, 3.05) is 16.0 Å². The Labute approximate surface area is 219 Å². The summed E-state index contributed by atoms with van der Waals surface area (Å²) in [5, 5.41) is 7.34. The van der Waals surface area contributed by atoms with E-state index in [4.69, 9.17) is 4.74 Å². The third-order valence-electron chi connectivity index (χ3n) is 6.31. The molecule has 1 saturated carbocycles. The van der Waals surface area contributed by atoms with Gasteiger partial charge in [0.15, 0.2) is 0 Å². The van der Waals surface area contributed by atoms with E-state index in [1.807, 2.05) is 0 Å². The third-order valence-corrected chi connectivity index (χ3v) is 6.31. The zero-order chi connectivity index (χ0) is 27.6. The molecular weight excluding hydrogens is 518 g/mol. The van der Waals surface area contributed by atoms with Gasteiger partial charge in [-0.2, -0.15) is 13.2 Å². The minimum Gasteiger partial charge on any atom is -0.457 e. The summed E-state index contributed by atoms with van der Waals surface area (Å²) in [6.07, 6.45) is -0.786. The fraction of sp³-hybridized carbons (Fsp3) is 0.222. The number of hydrogen-bond acceptors (Lipinski definition) is 4. The number of fused-ring (bicyclic) bond motifs is 1. The van der Waals surface area contributed by atoms with Gasteiger partial charge in [-0.05, 0) is 67.4 Å². The van der Waals surface area contributed by atoms with Crippen LogP contribution >= 0.6 is 0 Å². The minimum atomic E-state index is -4.68. The van der Waals surface area contributed by atoms with Crippen LogP contribution in [0.15, 0.2) is 60.7 Å².